The van der Waals surface area contributed by atoms with Crippen molar-refractivity contribution in [3.05, 3.63) is 17.0 Å². The summed E-state index contributed by atoms with van der Waals surface area (Å²) in [6.45, 7) is 1.88. The van der Waals surface area contributed by atoms with Gasteiger partial charge >= 0.3 is 0 Å². The minimum atomic E-state index is -3.32. The van der Waals surface area contributed by atoms with Crippen LogP contribution in [0.2, 0.25) is 0 Å². The molecule has 0 amide bonds. The lowest BCUT2D eigenvalue weighted by atomic mass is 10.2. The van der Waals surface area contributed by atoms with Gasteiger partial charge in [-0.3, -0.25) is 4.99 Å². The molecule has 1 aromatic heterocycles. The third-order valence-corrected chi connectivity index (χ3v) is 7.57. The summed E-state index contributed by atoms with van der Waals surface area (Å²) in [5.74, 6) is 0.779. The molecule has 0 spiro atoms. The van der Waals surface area contributed by atoms with Gasteiger partial charge in [-0.15, -0.1) is 11.3 Å². The molecule has 0 aromatic carbocycles. The second-order valence-corrected chi connectivity index (χ2v) is 9.36. The molecule has 128 valence electrons. The molecule has 6 nitrogen and oxygen atoms in total. The van der Waals surface area contributed by atoms with Crippen LogP contribution in [0.4, 0.5) is 0 Å². The van der Waals surface area contributed by atoms with Crippen LogP contribution in [0.15, 0.2) is 21.3 Å². The largest absolute Gasteiger partial charge is 0.354 e. The monoisotopic (exact) mass is 356 g/mol. The highest BCUT2D eigenvalue weighted by molar-refractivity contribution is 7.91. The summed E-state index contributed by atoms with van der Waals surface area (Å²) in [4.78, 5) is 5.18. The van der Waals surface area contributed by atoms with Gasteiger partial charge in [0.1, 0.15) is 4.21 Å². The summed E-state index contributed by atoms with van der Waals surface area (Å²) in [6.07, 6.45) is 5.43. The number of hydrogen-bond donors (Lipinski definition) is 2. The van der Waals surface area contributed by atoms with E-state index in [1.165, 1.54) is 24.2 Å². The van der Waals surface area contributed by atoms with E-state index in [-0.39, 0.29) is 0 Å². The van der Waals surface area contributed by atoms with Crippen molar-refractivity contribution >= 4 is 27.3 Å². The average molecular weight is 357 g/mol. The van der Waals surface area contributed by atoms with Gasteiger partial charge in [0, 0.05) is 31.1 Å². The van der Waals surface area contributed by atoms with Crippen LogP contribution in [0.3, 0.4) is 0 Å². The zero-order valence-corrected chi connectivity index (χ0v) is 15.0. The third-order valence-electron chi connectivity index (χ3n) is 4.12. The number of rotatable bonds is 5. The lowest BCUT2D eigenvalue weighted by Gasteiger charge is -2.25. The van der Waals surface area contributed by atoms with Gasteiger partial charge in [-0.2, -0.15) is 4.31 Å². The Morgan fingerprint density at radius 3 is 2.70 bits per heavy atom. The molecule has 1 saturated heterocycles. The summed E-state index contributed by atoms with van der Waals surface area (Å²) in [6, 6.07) is 4.15. The molecule has 2 heterocycles. The molecule has 0 atom stereocenters. The molecule has 23 heavy (non-hydrogen) atoms. The van der Waals surface area contributed by atoms with Crippen molar-refractivity contribution in [3.8, 4) is 0 Å². The standard InChI is InChI=1S/C15H24N4O2S2/c1-16-15(18-12-5-6-12)17-11-13-7-8-14(22-13)23(20,21)19-9-3-2-4-10-19/h7-8,12H,2-6,9-11H2,1H3,(H2,16,17,18). The van der Waals surface area contributed by atoms with Crippen LogP contribution in [-0.4, -0.2) is 44.9 Å². The maximum Gasteiger partial charge on any atom is 0.252 e. The summed E-state index contributed by atoms with van der Waals surface area (Å²) < 4.78 is 27.3. The molecule has 3 rings (SSSR count). The number of nitrogens with one attached hydrogen (secondary N) is 2. The molecule has 1 aliphatic carbocycles. The van der Waals surface area contributed by atoms with Crippen LogP contribution in [0.1, 0.15) is 37.0 Å². The Labute approximate surface area is 142 Å². The lowest BCUT2D eigenvalue weighted by molar-refractivity contribution is 0.347. The molecule has 0 radical (unpaired) electrons. The van der Waals surface area contributed by atoms with Crippen molar-refractivity contribution in [2.75, 3.05) is 20.1 Å². The van der Waals surface area contributed by atoms with Crippen LogP contribution in [0.25, 0.3) is 0 Å². The highest BCUT2D eigenvalue weighted by Crippen LogP contribution is 2.27. The topological polar surface area (TPSA) is 73.8 Å². The highest BCUT2D eigenvalue weighted by atomic mass is 32.2. The smallest absolute Gasteiger partial charge is 0.252 e. The fourth-order valence-corrected chi connectivity index (χ4v) is 5.58. The maximum atomic E-state index is 12.6. The minimum absolute atomic E-state index is 0.446. The number of guanidine groups is 1. The van der Waals surface area contributed by atoms with E-state index in [9.17, 15) is 8.42 Å². The highest BCUT2D eigenvalue weighted by Gasteiger charge is 2.27. The predicted octanol–water partition coefficient (Wildman–Crippen LogP) is 1.75. The molecule has 2 aliphatic rings. The Bertz CT molecular complexity index is 659. The fraction of sp³-hybridized carbons (Fsp3) is 0.667. The molecule has 8 heteroatoms. The molecule has 1 saturated carbocycles. The normalized spacial score (nSPS) is 20.5. The SMILES string of the molecule is CN=C(NCc1ccc(S(=O)(=O)N2CCCCC2)s1)NC1CC1. The second-order valence-electron chi connectivity index (χ2n) is 6.03. The number of aliphatic imine (C=N–C) groups is 1. The van der Waals surface area contributed by atoms with Crippen LogP contribution in [-0.2, 0) is 16.6 Å². The van der Waals surface area contributed by atoms with Crippen molar-refractivity contribution in [1.29, 1.82) is 0 Å². The van der Waals surface area contributed by atoms with E-state index >= 15 is 0 Å². The maximum absolute atomic E-state index is 12.6. The van der Waals surface area contributed by atoms with E-state index in [4.69, 9.17) is 0 Å². The van der Waals surface area contributed by atoms with E-state index in [1.807, 2.05) is 6.07 Å². The van der Waals surface area contributed by atoms with Crippen molar-refractivity contribution in [2.45, 2.75) is 48.9 Å². The molecule has 1 aliphatic heterocycles. The molecule has 0 unspecified atom stereocenters. The van der Waals surface area contributed by atoms with Crippen molar-refractivity contribution in [1.82, 2.24) is 14.9 Å². The average Bonchev–Trinajstić information content (AvgIpc) is 3.26. The first-order valence-electron chi connectivity index (χ1n) is 8.15. The minimum Gasteiger partial charge on any atom is -0.354 e. The molecule has 2 N–H and O–H groups in total. The number of sulfonamides is 1. The van der Waals surface area contributed by atoms with Crippen LogP contribution >= 0.6 is 11.3 Å². The Morgan fingerprint density at radius 2 is 2.04 bits per heavy atom. The van der Waals surface area contributed by atoms with Crippen LogP contribution < -0.4 is 10.6 Å². The molecular weight excluding hydrogens is 332 g/mol. The summed E-state index contributed by atoms with van der Waals surface area (Å²) in [5.41, 5.74) is 0. The second kappa shape index (κ2) is 7.19. The Hall–Kier alpha value is -1.12. The van der Waals surface area contributed by atoms with Gasteiger partial charge < -0.3 is 10.6 Å². The summed E-state index contributed by atoms with van der Waals surface area (Å²) in [7, 11) is -1.57. The predicted molar refractivity (Wildman–Crippen MR) is 93.3 cm³/mol. The molecular formula is C15H24N4O2S2. The third kappa shape index (κ3) is 4.24. The van der Waals surface area contributed by atoms with Crippen LogP contribution in [0, 0.1) is 0 Å². The van der Waals surface area contributed by atoms with Gasteiger partial charge in [-0.25, -0.2) is 8.42 Å². The van der Waals surface area contributed by atoms with E-state index in [2.05, 4.69) is 15.6 Å². The Balaban J connectivity index is 1.60. The van der Waals surface area contributed by atoms with E-state index in [1.54, 1.807) is 17.4 Å². The molecule has 0 bridgehead atoms. The Kier molecular flexibility index (Phi) is 5.23. The zero-order chi connectivity index (χ0) is 16.3. The lowest BCUT2D eigenvalue weighted by Crippen LogP contribution is -2.37. The summed E-state index contributed by atoms with van der Waals surface area (Å²) >= 11 is 1.35. The van der Waals surface area contributed by atoms with Gasteiger partial charge in [0.15, 0.2) is 5.96 Å². The van der Waals surface area contributed by atoms with Crippen molar-refractivity contribution in [2.24, 2.45) is 4.99 Å². The van der Waals surface area contributed by atoms with Crippen molar-refractivity contribution in [3.63, 3.8) is 0 Å². The van der Waals surface area contributed by atoms with E-state index in [0.717, 1.165) is 30.1 Å². The Morgan fingerprint density at radius 1 is 1.30 bits per heavy atom. The van der Waals surface area contributed by atoms with Gasteiger partial charge in [0.2, 0.25) is 0 Å². The summed E-state index contributed by atoms with van der Waals surface area (Å²) in [5, 5.41) is 6.56. The molecule has 2 fully saturated rings. The number of piperidine rings is 1. The fourth-order valence-electron chi connectivity index (χ4n) is 2.61. The van der Waals surface area contributed by atoms with Gasteiger partial charge in [0.05, 0.1) is 6.54 Å². The first kappa shape index (κ1) is 16.7. The number of hydrogen-bond acceptors (Lipinski definition) is 4. The van der Waals surface area contributed by atoms with Gasteiger partial charge in [0.25, 0.3) is 10.0 Å². The first-order valence-corrected chi connectivity index (χ1v) is 10.4. The van der Waals surface area contributed by atoms with E-state index < -0.39 is 10.0 Å². The van der Waals surface area contributed by atoms with E-state index in [0.29, 0.717) is 29.9 Å². The van der Waals surface area contributed by atoms with Gasteiger partial charge in [-0.1, -0.05) is 6.42 Å². The number of nitrogens with zero attached hydrogens (tertiary/aromatic N) is 2. The first-order chi connectivity index (χ1) is 11.1. The van der Waals surface area contributed by atoms with Crippen LogP contribution in [0.5, 0.6) is 0 Å². The quantitative estimate of drug-likeness (QED) is 0.623. The zero-order valence-electron chi connectivity index (χ0n) is 13.4. The molecule has 1 aromatic rings. The van der Waals surface area contributed by atoms with Crippen molar-refractivity contribution < 1.29 is 8.42 Å². The number of thiophene rings is 1. The van der Waals surface area contributed by atoms with Gasteiger partial charge in [-0.05, 0) is 37.8 Å².